The van der Waals surface area contributed by atoms with Gasteiger partial charge >= 0.3 is 5.97 Å². The predicted octanol–water partition coefficient (Wildman–Crippen LogP) is 4.86. The molecular formula is C21H17FO3. The number of halogens is 1. The number of benzene rings is 3. The Morgan fingerprint density at radius 1 is 0.960 bits per heavy atom. The summed E-state index contributed by atoms with van der Waals surface area (Å²) in [4.78, 5) is 11.5. The summed E-state index contributed by atoms with van der Waals surface area (Å²) in [7, 11) is 1.27. The van der Waals surface area contributed by atoms with Crippen molar-refractivity contribution in [3.8, 4) is 16.9 Å². The van der Waals surface area contributed by atoms with Crippen molar-refractivity contribution in [1.29, 1.82) is 0 Å². The fourth-order valence-corrected chi connectivity index (χ4v) is 2.49. The third kappa shape index (κ3) is 4.04. The van der Waals surface area contributed by atoms with E-state index in [1.165, 1.54) is 13.2 Å². The van der Waals surface area contributed by atoms with Gasteiger partial charge in [0, 0.05) is 5.56 Å². The van der Waals surface area contributed by atoms with Gasteiger partial charge in [0.2, 0.25) is 0 Å². The van der Waals surface area contributed by atoms with Gasteiger partial charge in [-0.15, -0.1) is 0 Å². The minimum Gasteiger partial charge on any atom is -0.489 e. The van der Waals surface area contributed by atoms with Gasteiger partial charge in [0.15, 0.2) is 0 Å². The summed E-state index contributed by atoms with van der Waals surface area (Å²) in [5, 5.41) is 0. The standard InChI is InChI=1S/C21H17FO3/c1-24-21(23)17-10-11-19(20(22)13-17)16-8-5-9-18(12-16)25-14-15-6-3-2-4-7-15/h2-13H,14H2,1H3. The minimum atomic E-state index is -0.564. The van der Waals surface area contributed by atoms with Crippen LogP contribution in [0.1, 0.15) is 15.9 Å². The molecule has 3 aromatic carbocycles. The maximum Gasteiger partial charge on any atom is 0.337 e. The molecule has 0 saturated carbocycles. The summed E-state index contributed by atoms with van der Waals surface area (Å²) in [5.41, 5.74) is 2.32. The van der Waals surface area contributed by atoms with Crippen molar-refractivity contribution in [3.63, 3.8) is 0 Å². The Labute approximate surface area is 145 Å². The molecule has 0 aliphatic carbocycles. The molecule has 0 heterocycles. The van der Waals surface area contributed by atoms with Gasteiger partial charge in [0.05, 0.1) is 12.7 Å². The lowest BCUT2D eigenvalue weighted by molar-refractivity contribution is 0.0600. The van der Waals surface area contributed by atoms with Crippen LogP contribution in [0.2, 0.25) is 0 Å². The van der Waals surface area contributed by atoms with E-state index in [0.717, 1.165) is 5.56 Å². The number of hydrogen-bond donors (Lipinski definition) is 0. The smallest absolute Gasteiger partial charge is 0.337 e. The van der Waals surface area contributed by atoms with E-state index in [0.29, 0.717) is 23.5 Å². The number of carbonyl (C=O) groups is 1. The zero-order chi connectivity index (χ0) is 17.6. The van der Waals surface area contributed by atoms with Crippen molar-refractivity contribution in [2.75, 3.05) is 7.11 Å². The van der Waals surface area contributed by atoms with E-state index in [2.05, 4.69) is 4.74 Å². The lowest BCUT2D eigenvalue weighted by Crippen LogP contribution is -2.02. The Balaban J connectivity index is 1.80. The normalized spacial score (nSPS) is 10.3. The molecule has 126 valence electrons. The highest BCUT2D eigenvalue weighted by Gasteiger charge is 2.11. The first-order valence-corrected chi connectivity index (χ1v) is 7.82. The van der Waals surface area contributed by atoms with Gasteiger partial charge in [0.1, 0.15) is 18.2 Å². The molecule has 0 spiro atoms. The number of esters is 1. The fraction of sp³-hybridized carbons (Fsp3) is 0.0952. The molecule has 0 aromatic heterocycles. The summed E-state index contributed by atoms with van der Waals surface area (Å²) >= 11 is 0. The average Bonchev–Trinajstić information content (AvgIpc) is 2.66. The predicted molar refractivity (Wildman–Crippen MR) is 93.9 cm³/mol. The van der Waals surface area contributed by atoms with Crippen LogP contribution < -0.4 is 4.74 Å². The molecule has 0 N–H and O–H groups in total. The summed E-state index contributed by atoms with van der Waals surface area (Å²) in [6, 6.07) is 21.3. The highest BCUT2D eigenvalue weighted by molar-refractivity contribution is 5.90. The van der Waals surface area contributed by atoms with Crippen molar-refractivity contribution in [2.45, 2.75) is 6.61 Å². The van der Waals surface area contributed by atoms with Crippen LogP contribution in [-0.4, -0.2) is 13.1 Å². The largest absolute Gasteiger partial charge is 0.489 e. The maximum absolute atomic E-state index is 14.4. The molecule has 0 saturated heterocycles. The quantitative estimate of drug-likeness (QED) is 0.624. The van der Waals surface area contributed by atoms with Crippen molar-refractivity contribution in [1.82, 2.24) is 0 Å². The molecule has 3 rings (SSSR count). The Bertz CT molecular complexity index is 875. The van der Waals surface area contributed by atoms with E-state index < -0.39 is 11.8 Å². The summed E-state index contributed by atoms with van der Waals surface area (Å²) < 4.78 is 24.7. The molecular weight excluding hydrogens is 319 g/mol. The number of carbonyl (C=O) groups excluding carboxylic acids is 1. The van der Waals surface area contributed by atoms with E-state index in [4.69, 9.17) is 4.74 Å². The molecule has 0 unspecified atom stereocenters. The summed E-state index contributed by atoms with van der Waals surface area (Å²) in [6.07, 6.45) is 0. The zero-order valence-corrected chi connectivity index (χ0v) is 13.7. The van der Waals surface area contributed by atoms with Crippen LogP contribution in [0, 0.1) is 5.82 Å². The van der Waals surface area contributed by atoms with Gasteiger partial charge in [0.25, 0.3) is 0 Å². The van der Waals surface area contributed by atoms with Gasteiger partial charge in [-0.1, -0.05) is 48.5 Å². The molecule has 25 heavy (non-hydrogen) atoms. The second-order valence-electron chi connectivity index (χ2n) is 5.49. The molecule has 0 bridgehead atoms. The number of methoxy groups -OCH3 is 1. The van der Waals surface area contributed by atoms with Crippen molar-refractivity contribution < 1.29 is 18.7 Å². The third-order valence-corrected chi connectivity index (χ3v) is 3.78. The summed E-state index contributed by atoms with van der Waals surface area (Å²) in [5.74, 6) is -0.397. The molecule has 0 radical (unpaired) electrons. The fourth-order valence-electron chi connectivity index (χ4n) is 2.49. The van der Waals surface area contributed by atoms with Gasteiger partial charge in [-0.2, -0.15) is 0 Å². The first-order chi connectivity index (χ1) is 12.2. The third-order valence-electron chi connectivity index (χ3n) is 3.78. The Morgan fingerprint density at radius 2 is 1.76 bits per heavy atom. The van der Waals surface area contributed by atoms with E-state index in [1.807, 2.05) is 42.5 Å². The molecule has 0 fully saturated rings. The molecule has 3 nitrogen and oxygen atoms in total. The van der Waals surface area contributed by atoms with Gasteiger partial charge in [-0.05, 0) is 35.4 Å². The van der Waals surface area contributed by atoms with E-state index in [1.54, 1.807) is 24.3 Å². The van der Waals surface area contributed by atoms with Crippen LogP contribution in [-0.2, 0) is 11.3 Å². The van der Waals surface area contributed by atoms with E-state index in [-0.39, 0.29) is 5.56 Å². The van der Waals surface area contributed by atoms with Crippen molar-refractivity contribution in [3.05, 3.63) is 89.7 Å². The Morgan fingerprint density at radius 3 is 2.48 bits per heavy atom. The molecule has 4 heteroatoms. The van der Waals surface area contributed by atoms with Crippen LogP contribution >= 0.6 is 0 Å². The molecule has 0 atom stereocenters. The van der Waals surface area contributed by atoms with Gasteiger partial charge in [-0.25, -0.2) is 9.18 Å². The van der Waals surface area contributed by atoms with Gasteiger partial charge in [-0.3, -0.25) is 0 Å². The lowest BCUT2D eigenvalue weighted by Gasteiger charge is -2.10. The first-order valence-electron chi connectivity index (χ1n) is 7.82. The Hall–Kier alpha value is -3.14. The molecule has 0 aliphatic heterocycles. The highest BCUT2D eigenvalue weighted by Crippen LogP contribution is 2.27. The molecule has 0 amide bonds. The minimum absolute atomic E-state index is 0.181. The van der Waals surface area contributed by atoms with Crippen LogP contribution in [0.4, 0.5) is 4.39 Å². The molecule has 3 aromatic rings. The number of hydrogen-bond acceptors (Lipinski definition) is 3. The van der Waals surface area contributed by atoms with Crippen molar-refractivity contribution >= 4 is 5.97 Å². The highest BCUT2D eigenvalue weighted by atomic mass is 19.1. The maximum atomic E-state index is 14.4. The van der Waals surface area contributed by atoms with E-state index in [9.17, 15) is 9.18 Å². The van der Waals surface area contributed by atoms with Crippen molar-refractivity contribution in [2.24, 2.45) is 0 Å². The first kappa shape index (κ1) is 16.7. The van der Waals surface area contributed by atoms with E-state index >= 15 is 0 Å². The van der Waals surface area contributed by atoms with Crippen LogP contribution in [0.5, 0.6) is 5.75 Å². The Kier molecular flexibility index (Phi) is 5.09. The van der Waals surface area contributed by atoms with Gasteiger partial charge < -0.3 is 9.47 Å². The zero-order valence-electron chi connectivity index (χ0n) is 13.7. The second-order valence-corrected chi connectivity index (χ2v) is 5.49. The van der Waals surface area contributed by atoms with Crippen LogP contribution in [0.3, 0.4) is 0 Å². The second kappa shape index (κ2) is 7.62. The number of rotatable bonds is 5. The lowest BCUT2D eigenvalue weighted by atomic mass is 10.0. The number of ether oxygens (including phenoxy) is 2. The van der Waals surface area contributed by atoms with Crippen LogP contribution in [0.25, 0.3) is 11.1 Å². The monoisotopic (exact) mass is 336 g/mol. The molecule has 0 aliphatic rings. The SMILES string of the molecule is COC(=O)c1ccc(-c2cccc(OCc3ccccc3)c2)c(F)c1. The average molecular weight is 336 g/mol. The summed E-state index contributed by atoms with van der Waals surface area (Å²) in [6.45, 7) is 0.439. The van der Waals surface area contributed by atoms with Crippen LogP contribution in [0.15, 0.2) is 72.8 Å². The topological polar surface area (TPSA) is 35.5 Å².